The molecule has 0 saturated heterocycles. The summed E-state index contributed by atoms with van der Waals surface area (Å²) in [5, 5.41) is 11.8. The van der Waals surface area contributed by atoms with E-state index in [2.05, 4.69) is 15.3 Å². The fourth-order valence-corrected chi connectivity index (χ4v) is 2.44. The summed E-state index contributed by atoms with van der Waals surface area (Å²) in [6.45, 7) is 0.481. The minimum absolute atomic E-state index is 0.147. The highest BCUT2D eigenvalue weighted by molar-refractivity contribution is 5.85. The highest BCUT2D eigenvalue weighted by atomic mass is 16.4. The van der Waals surface area contributed by atoms with Gasteiger partial charge in [-0.15, -0.1) is 0 Å². The molecule has 1 heterocycles. The number of aromatic nitrogens is 2. The summed E-state index contributed by atoms with van der Waals surface area (Å²) < 4.78 is 0. The Hall–Kier alpha value is -1.85. The zero-order valence-electron chi connectivity index (χ0n) is 10.1. The minimum atomic E-state index is -0.862. The van der Waals surface area contributed by atoms with Gasteiger partial charge in [0.15, 0.2) is 0 Å². The van der Waals surface area contributed by atoms with Crippen LogP contribution in [0.4, 0.5) is 0 Å². The third-order valence-corrected chi connectivity index (χ3v) is 3.39. The molecule has 1 amide bonds. The van der Waals surface area contributed by atoms with Crippen LogP contribution in [0, 0.1) is 11.8 Å². The van der Waals surface area contributed by atoms with Gasteiger partial charge in [0.05, 0.1) is 11.8 Å². The Bertz CT molecular complexity index is 416. The Labute approximate surface area is 105 Å². The maximum absolute atomic E-state index is 11.9. The number of carbonyl (C=O) groups excluding carboxylic acids is 1. The summed E-state index contributed by atoms with van der Waals surface area (Å²) in [7, 11) is 0. The first-order chi connectivity index (χ1) is 8.68. The van der Waals surface area contributed by atoms with Crippen molar-refractivity contribution in [3.05, 3.63) is 18.2 Å². The van der Waals surface area contributed by atoms with Gasteiger partial charge in [0.2, 0.25) is 5.91 Å². The van der Waals surface area contributed by atoms with Gasteiger partial charge in [-0.2, -0.15) is 0 Å². The Morgan fingerprint density at radius 1 is 1.44 bits per heavy atom. The van der Waals surface area contributed by atoms with E-state index in [0.29, 0.717) is 25.8 Å². The number of carboxylic acids is 1. The summed E-state index contributed by atoms with van der Waals surface area (Å²) in [5.74, 6) is -1.09. The van der Waals surface area contributed by atoms with Crippen LogP contribution in [-0.2, 0) is 16.0 Å². The molecular formula is C12H17N3O3. The average molecular weight is 251 g/mol. The summed E-state index contributed by atoms with van der Waals surface area (Å²) in [6.07, 6.45) is 6.11. The highest BCUT2D eigenvalue weighted by Gasteiger charge is 2.37. The summed E-state index contributed by atoms with van der Waals surface area (Å²) in [4.78, 5) is 29.9. The van der Waals surface area contributed by atoms with E-state index < -0.39 is 11.9 Å². The number of hydrogen-bond donors (Lipinski definition) is 3. The van der Waals surface area contributed by atoms with Gasteiger partial charge in [-0.25, -0.2) is 4.98 Å². The molecule has 18 heavy (non-hydrogen) atoms. The predicted octanol–water partition coefficient (Wildman–Crippen LogP) is 0.569. The molecule has 1 saturated carbocycles. The van der Waals surface area contributed by atoms with Crippen molar-refractivity contribution in [1.29, 1.82) is 0 Å². The van der Waals surface area contributed by atoms with Gasteiger partial charge in [-0.1, -0.05) is 6.42 Å². The number of amides is 1. The fraction of sp³-hybridized carbons (Fsp3) is 0.583. The van der Waals surface area contributed by atoms with Crippen LogP contribution in [0.15, 0.2) is 12.4 Å². The number of aromatic amines is 1. The second kappa shape index (κ2) is 5.66. The van der Waals surface area contributed by atoms with Gasteiger partial charge in [0.25, 0.3) is 0 Å². The normalized spacial score (nSPS) is 22.9. The second-order valence-corrected chi connectivity index (χ2v) is 4.56. The number of imidazole rings is 1. The Kier molecular flexibility index (Phi) is 3.96. The van der Waals surface area contributed by atoms with E-state index in [1.54, 1.807) is 12.4 Å². The molecule has 1 aromatic rings. The molecule has 98 valence electrons. The van der Waals surface area contributed by atoms with Crippen LogP contribution in [0.5, 0.6) is 0 Å². The molecule has 0 spiro atoms. The van der Waals surface area contributed by atoms with Crippen LogP contribution in [0.25, 0.3) is 0 Å². The van der Waals surface area contributed by atoms with E-state index in [9.17, 15) is 9.59 Å². The maximum Gasteiger partial charge on any atom is 0.307 e. The lowest BCUT2D eigenvalue weighted by atomic mass is 9.95. The first-order valence-electron chi connectivity index (χ1n) is 6.17. The number of nitrogens with one attached hydrogen (secondary N) is 2. The Balaban J connectivity index is 1.79. The van der Waals surface area contributed by atoms with Crippen molar-refractivity contribution in [3.8, 4) is 0 Å². The second-order valence-electron chi connectivity index (χ2n) is 4.56. The molecular weight excluding hydrogens is 234 g/mol. The maximum atomic E-state index is 11.9. The smallest absolute Gasteiger partial charge is 0.307 e. The SMILES string of the molecule is O=C(O)[C@H]1CCC[C@H]1C(=O)NCCc1ncc[nH]1. The van der Waals surface area contributed by atoms with Crippen LogP contribution in [-0.4, -0.2) is 33.5 Å². The van der Waals surface area contributed by atoms with Crippen molar-refractivity contribution >= 4 is 11.9 Å². The van der Waals surface area contributed by atoms with Crippen LogP contribution < -0.4 is 5.32 Å². The van der Waals surface area contributed by atoms with E-state index in [0.717, 1.165) is 12.2 Å². The Morgan fingerprint density at radius 3 is 2.89 bits per heavy atom. The van der Waals surface area contributed by atoms with Crippen LogP contribution in [0.1, 0.15) is 25.1 Å². The first kappa shape index (κ1) is 12.6. The monoisotopic (exact) mass is 251 g/mol. The van der Waals surface area contributed by atoms with Crippen LogP contribution in [0.3, 0.4) is 0 Å². The predicted molar refractivity (Wildman–Crippen MR) is 63.8 cm³/mol. The fourth-order valence-electron chi connectivity index (χ4n) is 2.44. The molecule has 6 nitrogen and oxygen atoms in total. The summed E-state index contributed by atoms with van der Waals surface area (Å²) in [6, 6.07) is 0. The molecule has 6 heteroatoms. The van der Waals surface area contributed by atoms with Gasteiger partial charge in [-0.3, -0.25) is 9.59 Å². The van der Waals surface area contributed by atoms with Crippen molar-refractivity contribution < 1.29 is 14.7 Å². The van der Waals surface area contributed by atoms with Crippen molar-refractivity contribution in [2.45, 2.75) is 25.7 Å². The van der Waals surface area contributed by atoms with E-state index >= 15 is 0 Å². The summed E-state index contributed by atoms with van der Waals surface area (Å²) in [5.41, 5.74) is 0. The largest absolute Gasteiger partial charge is 0.481 e. The highest BCUT2D eigenvalue weighted by Crippen LogP contribution is 2.31. The van der Waals surface area contributed by atoms with Crippen molar-refractivity contribution in [2.75, 3.05) is 6.54 Å². The molecule has 1 aliphatic rings. The summed E-state index contributed by atoms with van der Waals surface area (Å²) >= 11 is 0. The molecule has 0 unspecified atom stereocenters. The minimum Gasteiger partial charge on any atom is -0.481 e. The van der Waals surface area contributed by atoms with Crippen molar-refractivity contribution in [2.24, 2.45) is 11.8 Å². The molecule has 0 radical (unpaired) electrons. The molecule has 2 atom stereocenters. The van der Waals surface area contributed by atoms with Crippen molar-refractivity contribution in [3.63, 3.8) is 0 Å². The van der Waals surface area contributed by atoms with E-state index in [-0.39, 0.29) is 11.8 Å². The number of rotatable bonds is 5. The number of hydrogen-bond acceptors (Lipinski definition) is 3. The zero-order chi connectivity index (χ0) is 13.0. The topological polar surface area (TPSA) is 95.1 Å². The number of nitrogens with zero attached hydrogens (tertiary/aromatic N) is 1. The van der Waals surface area contributed by atoms with Gasteiger partial charge in [-0.05, 0) is 12.8 Å². The molecule has 2 rings (SSSR count). The number of carbonyl (C=O) groups is 2. The molecule has 3 N–H and O–H groups in total. The van der Waals surface area contributed by atoms with Crippen molar-refractivity contribution in [1.82, 2.24) is 15.3 Å². The third-order valence-electron chi connectivity index (χ3n) is 3.39. The molecule has 1 aromatic heterocycles. The zero-order valence-corrected chi connectivity index (χ0v) is 10.1. The van der Waals surface area contributed by atoms with E-state index in [1.807, 2.05) is 0 Å². The van der Waals surface area contributed by atoms with Gasteiger partial charge < -0.3 is 15.4 Å². The molecule has 0 aromatic carbocycles. The standard InChI is InChI=1S/C12H17N3O3/c16-11(8-2-1-3-9(8)12(17)18)15-5-4-10-13-6-7-14-10/h6-9H,1-5H2,(H,13,14)(H,15,16)(H,17,18)/t8-,9+/m1/s1. The van der Waals surface area contributed by atoms with Gasteiger partial charge >= 0.3 is 5.97 Å². The lowest BCUT2D eigenvalue weighted by molar-refractivity contribution is -0.146. The van der Waals surface area contributed by atoms with Crippen LogP contribution in [0.2, 0.25) is 0 Å². The van der Waals surface area contributed by atoms with Gasteiger partial charge in [0, 0.05) is 25.4 Å². The first-order valence-corrected chi connectivity index (χ1v) is 6.17. The Morgan fingerprint density at radius 2 is 2.22 bits per heavy atom. The molecule has 0 aliphatic heterocycles. The number of carboxylic acid groups (broad SMARTS) is 1. The van der Waals surface area contributed by atoms with Crippen LogP contribution >= 0.6 is 0 Å². The lowest BCUT2D eigenvalue weighted by Crippen LogP contribution is -2.36. The molecule has 0 bridgehead atoms. The van der Waals surface area contributed by atoms with E-state index in [4.69, 9.17) is 5.11 Å². The molecule has 1 fully saturated rings. The average Bonchev–Trinajstić information content (AvgIpc) is 2.99. The molecule has 1 aliphatic carbocycles. The lowest BCUT2D eigenvalue weighted by Gasteiger charge is -2.15. The van der Waals surface area contributed by atoms with E-state index in [1.165, 1.54) is 0 Å². The third kappa shape index (κ3) is 2.88. The number of aliphatic carboxylic acids is 1. The number of H-pyrrole nitrogens is 1. The van der Waals surface area contributed by atoms with Gasteiger partial charge in [0.1, 0.15) is 5.82 Å². The quantitative estimate of drug-likeness (QED) is 0.713.